The SMILES string of the molecule is CC(C)(C)c1ccccc1C(=O)NC1CC(C(=O)O)C1. The summed E-state index contributed by atoms with van der Waals surface area (Å²) in [5.74, 6) is -1.19. The molecule has 0 saturated heterocycles. The number of carbonyl (C=O) groups is 2. The summed E-state index contributed by atoms with van der Waals surface area (Å²) >= 11 is 0. The van der Waals surface area contributed by atoms with Crippen LogP contribution < -0.4 is 5.32 Å². The molecule has 2 rings (SSSR count). The Labute approximate surface area is 119 Å². The van der Waals surface area contributed by atoms with E-state index in [0.717, 1.165) is 5.56 Å². The molecule has 0 heterocycles. The second-order valence-electron chi connectivity index (χ2n) is 6.47. The van der Waals surface area contributed by atoms with Gasteiger partial charge in [0.15, 0.2) is 0 Å². The van der Waals surface area contributed by atoms with Crippen LogP contribution in [-0.2, 0) is 10.2 Å². The summed E-state index contributed by atoms with van der Waals surface area (Å²) in [7, 11) is 0. The summed E-state index contributed by atoms with van der Waals surface area (Å²) in [6, 6.07) is 7.56. The zero-order valence-corrected chi connectivity index (χ0v) is 12.1. The zero-order valence-electron chi connectivity index (χ0n) is 12.1. The van der Waals surface area contributed by atoms with Crippen LogP contribution >= 0.6 is 0 Å². The lowest BCUT2D eigenvalue weighted by atomic mass is 9.79. The molecule has 1 aromatic carbocycles. The minimum atomic E-state index is -0.773. The van der Waals surface area contributed by atoms with Gasteiger partial charge in [-0.05, 0) is 29.9 Å². The van der Waals surface area contributed by atoms with E-state index in [4.69, 9.17) is 5.11 Å². The molecule has 1 aliphatic rings. The Morgan fingerprint density at radius 1 is 1.20 bits per heavy atom. The van der Waals surface area contributed by atoms with Crippen LogP contribution in [0.1, 0.15) is 49.5 Å². The largest absolute Gasteiger partial charge is 0.481 e. The summed E-state index contributed by atoms with van der Waals surface area (Å²) in [5, 5.41) is 11.8. The lowest BCUT2D eigenvalue weighted by Crippen LogP contribution is -2.47. The summed E-state index contributed by atoms with van der Waals surface area (Å²) in [6.45, 7) is 6.22. The molecule has 0 aliphatic heterocycles. The molecule has 0 aromatic heterocycles. The van der Waals surface area contributed by atoms with Gasteiger partial charge >= 0.3 is 5.97 Å². The molecule has 20 heavy (non-hydrogen) atoms. The second-order valence-corrected chi connectivity index (χ2v) is 6.47. The number of rotatable bonds is 3. The van der Waals surface area contributed by atoms with Gasteiger partial charge in [-0.1, -0.05) is 39.0 Å². The van der Waals surface area contributed by atoms with Gasteiger partial charge in [0.2, 0.25) is 0 Å². The number of amides is 1. The fourth-order valence-electron chi connectivity index (χ4n) is 2.54. The highest BCUT2D eigenvalue weighted by atomic mass is 16.4. The van der Waals surface area contributed by atoms with Crippen molar-refractivity contribution >= 4 is 11.9 Å². The molecule has 0 spiro atoms. The van der Waals surface area contributed by atoms with Crippen molar-refractivity contribution < 1.29 is 14.7 Å². The number of aliphatic carboxylic acids is 1. The minimum absolute atomic E-state index is 0.0170. The van der Waals surface area contributed by atoms with Crippen LogP contribution in [0.4, 0.5) is 0 Å². The highest BCUT2D eigenvalue weighted by Crippen LogP contribution is 2.29. The molecular formula is C16H21NO3. The van der Waals surface area contributed by atoms with E-state index in [-0.39, 0.29) is 23.3 Å². The Hall–Kier alpha value is -1.84. The van der Waals surface area contributed by atoms with Crippen molar-refractivity contribution in [2.75, 3.05) is 0 Å². The second kappa shape index (κ2) is 5.27. The zero-order chi connectivity index (χ0) is 14.9. The van der Waals surface area contributed by atoms with Crippen molar-refractivity contribution in [2.24, 2.45) is 5.92 Å². The van der Waals surface area contributed by atoms with Gasteiger partial charge in [-0.15, -0.1) is 0 Å². The summed E-state index contributed by atoms with van der Waals surface area (Å²) in [5.41, 5.74) is 1.59. The molecule has 108 valence electrons. The van der Waals surface area contributed by atoms with E-state index in [1.54, 1.807) is 0 Å². The van der Waals surface area contributed by atoms with E-state index in [2.05, 4.69) is 26.1 Å². The maximum atomic E-state index is 12.3. The average Bonchev–Trinajstić information content (AvgIpc) is 2.31. The molecule has 1 fully saturated rings. The molecular weight excluding hydrogens is 254 g/mol. The quantitative estimate of drug-likeness (QED) is 0.891. The summed E-state index contributed by atoms with van der Waals surface area (Å²) < 4.78 is 0. The van der Waals surface area contributed by atoms with Crippen LogP contribution in [0.3, 0.4) is 0 Å². The van der Waals surface area contributed by atoms with Crippen molar-refractivity contribution in [3.8, 4) is 0 Å². The Morgan fingerprint density at radius 3 is 2.35 bits per heavy atom. The molecule has 1 aromatic rings. The molecule has 2 N–H and O–H groups in total. The molecule has 0 bridgehead atoms. The number of nitrogens with one attached hydrogen (secondary N) is 1. The van der Waals surface area contributed by atoms with Crippen LogP contribution in [0, 0.1) is 5.92 Å². The van der Waals surface area contributed by atoms with Gasteiger partial charge in [0.1, 0.15) is 0 Å². The third kappa shape index (κ3) is 3.00. The van der Waals surface area contributed by atoms with E-state index < -0.39 is 5.97 Å². The number of carboxylic acid groups (broad SMARTS) is 1. The smallest absolute Gasteiger partial charge is 0.306 e. The van der Waals surface area contributed by atoms with Crippen LogP contribution in [0.5, 0.6) is 0 Å². The van der Waals surface area contributed by atoms with Gasteiger partial charge < -0.3 is 10.4 Å². The molecule has 0 unspecified atom stereocenters. The van der Waals surface area contributed by atoms with Gasteiger partial charge in [-0.25, -0.2) is 0 Å². The lowest BCUT2D eigenvalue weighted by molar-refractivity contribution is -0.145. The monoisotopic (exact) mass is 275 g/mol. The molecule has 1 saturated carbocycles. The number of benzene rings is 1. The van der Waals surface area contributed by atoms with Gasteiger partial charge in [-0.3, -0.25) is 9.59 Å². The van der Waals surface area contributed by atoms with Crippen LogP contribution in [0.25, 0.3) is 0 Å². The summed E-state index contributed by atoms with van der Waals surface area (Å²) in [6.07, 6.45) is 1.05. The molecule has 0 radical (unpaired) electrons. The first-order chi connectivity index (χ1) is 9.29. The fraction of sp³-hybridized carbons (Fsp3) is 0.500. The minimum Gasteiger partial charge on any atom is -0.481 e. The maximum absolute atomic E-state index is 12.3. The van der Waals surface area contributed by atoms with Crippen molar-refractivity contribution in [1.29, 1.82) is 0 Å². The van der Waals surface area contributed by atoms with Crippen molar-refractivity contribution in [3.05, 3.63) is 35.4 Å². The van der Waals surface area contributed by atoms with Gasteiger partial charge in [0.25, 0.3) is 5.91 Å². The molecule has 0 atom stereocenters. The predicted octanol–water partition coefficient (Wildman–Crippen LogP) is 2.58. The van der Waals surface area contributed by atoms with Gasteiger partial charge in [0.05, 0.1) is 5.92 Å². The van der Waals surface area contributed by atoms with Crippen LogP contribution in [-0.4, -0.2) is 23.0 Å². The highest BCUT2D eigenvalue weighted by Gasteiger charge is 2.35. The average molecular weight is 275 g/mol. The van der Waals surface area contributed by atoms with Gasteiger partial charge in [0, 0.05) is 11.6 Å². The number of hydrogen-bond acceptors (Lipinski definition) is 2. The van der Waals surface area contributed by atoms with Crippen molar-refractivity contribution in [3.63, 3.8) is 0 Å². The molecule has 4 nitrogen and oxygen atoms in total. The molecule has 1 amide bonds. The highest BCUT2D eigenvalue weighted by molar-refractivity contribution is 5.96. The standard InChI is InChI=1S/C16H21NO3/c1-16(2,3)13-7-5-4-6-12(13)14(18)17-11-8-10(9-11)15(19)20/h4-7,10-11H,8-9H2,1-3H3,(H,17,18)(H,19,20). The summed E-state index contributed by atoms with van der Waals surface area (Å²) in [4.78, 5) is 23.1. The van der Waals surface area contributed by atoms with Crippen molar-refractivity contribution in [2.45, 2.75) is 45.1 Å². The van der Waals surface area contributed by atoms with E-state index >= 15 is 0 Å². The maximum Gasteiger partial charge on any atom is 0.306 e. The third-order valence-electron chi connectivity index (χ3n) is 3.80. The van der Waals surface area contributed by atoms with E-state index in [1.807, 2.05) is 24.3 Å². The third-order valence-corrected chi connectivity index (χ3v) is 3.80. The Balaban J connectivity index is 2.06. The Kier molecular flexibility index (Phi) is 3.84. The topological polar surface area (TPSA) is 66.4 Å². The number of carbonyl (C=O) groups excluding carboxylic acids is 1. The van der Waals surface area contributed by atoms with Crippen LogP contribution in [0.15, 0.2) is 24.3 Å². The number of hydrogen-bond donors (Lipinski definition) is 2. The van der Waals surface area contributed by atoms with Crippen molar-refractivity contribution in [1.82, 2.24) is 5.32 Å². The first-order valence-corrected chi connectivity index (χ1v) is 6.92. The number of carboxylic acids is 1. The van der Waals surface area contributed by atoms with Crippen LogP contribution in [0.2, 0.25) is 0 Å². The molecule has 1 aliphatic carbocycles. The molecule has 4 heteroatoms. The van der Waals surface area contributed by atoms with E-state index in [1.165, 1.54) is 0 Å². The lowest BCUT2D eigenvalue weighted by Gasteiger charge is -2.33. The Bertz CT molecular complexity index is 525. The first kappa shape index (κ1) is 14.6. The normalized spacial score (nSPS) is 21.9. The first-order valence-electron chi connectivity index (χ1n) is 6.92. The Morgan fingerprint density at radius 2 is 1.80 bits per heavy atom. The van der Waals surface area contributed by atoms with E-state index in [0.29, 0.717) is 18.4 Å². The van der Waals surface area contributed by atoms with E-state index in [9.17, 15) is 9.59 Å². The van der Waals surface area contributed by atoms with Gasteiger partial charge in [-0.2, -0.15) is 0 Å². The predicted molar refractivity (Wildman–Crippen MR) is 76.8 cm³/mol. The fourth-order valence-corrected chi connectivity index (χ4v) is 2.54.